The summed E-state index contributed by atoms with van der Waals surface area (Å²) in [4.78, 5) is 10.9. The van der Waals surface area contributed by atoms with Gasteiger partial charge in [0.25, 0.3) is 0 Å². The van der Waals surface area contributed by atoms with E-state index >= 15 is 0 Å². The second-order valence-electron chi connectivity index (χ2n) is 10.7. The maximum atomic E-state index is 14.0. The number of rotatable bonds is 9. The van der Waals surface area contributed by atoms with Crippen LogP contribution in [-0.2, 0) is 12.8 Å². The number of likely N-dealkylation sites (tertiary alicyclic amines) is 1. The Morgan fingerprint density at radius 2 is 1.73 bits per heavy atom. The third-order valence-corrected chi connectivity index (χ3v) is 7.30. The highest BCUT2D eigenvalue weighted by molar-refractivity contribution is 5.99. The first kappa shape index (κ1) is 35.5. The molecule has 0 radical (unpaired) electrons. The molecule has 2 aliphatic rings. The van der Waals surface area contributed by atoms with Crippen molar-refractivity contribution in [2.75, 3.05) is 26.9 Å². The number of hydrogen-bond acceptors (Lipinski definition) is 5. The molecular weight excluding hydrogens is 501 g/mol. The van der Waals surface area contributed by atoms with Gasteiger partial charge in [-0.1, -0.05) is 46.2 Å². The summed E-state index contributed by atoms with van der Waals surface area (Å²) < 4.78 is 19.0. The van der Waals surface area contributed by atoms with Gasteiger partial charge in [-0.25, -0.2) is 9.37 Å². The smallest absolute Gasteiger partial charge is 0.215 e. The lowest BCUT2D eigenvalue weighted by atomic mass is 10.0. The van der Waals surface area contributed by atoms with Crippen LogP contribution in [-0.4, -0.2) is 47.6 Å². The minimum absolute atomic E-state index is 0. The quantitative estimate of drug-likeness (QED) is 0.316. The summed E-state index contributed by atoms with van der Waals surface area (Å²) >= 11 is 0. The van der Waals surface area contributed by atoms with Crippen LogP contribution < -0.4 is 4.74 Å². The first-order valence-electron chi connectivity index (χ1n) is 14.6. The van der Waals surface area contributed by atoms with Gasteiger partial charge in [-0.2, -0.15) is 0 Å². The van der Waals surface area contributed by atoms with Crippen molar-refractivity contribution in [2.45, 2.75) is 100 Å². The molecule has 2 heterocycles. The minimum atomic E-state index is -0.112. The predicted molar refractivity (Wildman–Crippen MR) is 168 cm³/mol. The van der Waals surface area contributed by atoms with Crippen LogP contribution in [0.2, 0.25) is 0 Å². The third kappa shape index (κ3) is 11.9. The molecule has 1 saturated heterocycles. The van der Waals surface area contributed by atoms with E-state index in [0.29, 0.717) is 0 Å². The molecule has 1 aromatic carbocycles. The minimum Gasteiger partial charge on any atom is -0.481 e. The van der Waals surface area contributed by atoms with E-state index in [1.165, 1.54) is 36.8 Å². The Kier molecular flexibility index (Phi) is 16.6. The maximum Gasteiger partial charge on any atom is 0.215 e. The first-order chi connectivity index (χ1) is 18.7. The normalized spacial score (nSPS) is 15.7. The van der Waals surface area contributed by atoms with E-state index in [2.05, 4.69) is 43.7 Å². The van der Waals surface area contributed by atoms with Crippen LogP contribution in [0.5, 0.6) is 5.88 Å². The second kappa shape index (κ2) is 18.7. The molecule has 224 valence electrons. The van der Waals surface area contributed by atoms with Gasteiger partial charge in [-0.3, -0.25) is 9.89 Å². The molecule has 1 N–H and O–H groups in total. The molecule has 1 saturated carbocycles. The van der Waals surface area contributed by atoms with Crippen LogP contribution in [0.15, 0.2) is 46.7 Å². The summed E-state index contributed by atoms with van der Waals surface area (Å²) in [6.07, 6.45) is 11.0. The molecule has 2 aromatic rings. The third-order valence-electron chi connectivity index (χ3n) is 7.30. The van der Waals surface area contributed by atoms with Crippen molar-refractivity contribution in [3.63, 3.8) is 0 Å². The van der Waals surface area contributed by atoms with Gasteiger partial charge in [-0.05, 0) is 107 Å². The topological polar surface area (TPSA) is 58.0 Å². The van der Waals surface area contributed by atoms with E-state index in [1.807, 2.05) is 37.1 Å². The second-order valence-corrected chi connectivity index (χ2v) is 10.7. The van der Waals surface area contributed by atoms with E-state index < -0.39 is 0 Å². The molecule has 0 amide bonds. The van der Waals surface area contributed by atoms with Gasteiger partial charge in [0.15, 0.2) is 0 Å². The van der Waals surface area contributed by atoms with E-state index in [4.69, 9.17) is 9.84 Å². The van der Waals surface area contributed by atoms with Crippen molar-refractivity contribution >= 4 is 5.71 Å². The lowest BCUT2D eigenvalue weighted by Crippen LogP contribution is -2.19. The Hall–Kier alpha value is -2.57. The van der Waals surface area contributed by atoms with Gasteiger partial charge in [0.2, 0.25) is 5.88 Å². The summed E-state index contributed by atoms with van der Waals surface area (Å²) in [5.41, 5.74) is 7.44. The Bertz CT molecular complexity index is 1090. The van der Waals surface area contributed by atoms with Crippen molar-refractivity contribution in [1.82, 2.24) is 9.88 Å². The van der Waals surface area contributed by atoms with Crippen molar-refractivity contribution in [3.05, 3.63) is 69.8 Å². The van der Waals surface area contributed by atoms with Gasteiger partial charge in [-0.15, -0.1) is 0 Å². The number of pyridine rings is 1. The number of methoxy groups -OCH3 is 1. The predicted octanol–water partition coefficient (Wildman–Crippen LogP) is 8.31. The molecule has 5 nitrogen and oxygen atoms in total. The molecule has 0 spiro atoms. The molecule has 2 fully saturated rings. The Morgan fingerprint density at radius 1 is 1.07 bits per heavy atom. The zero-order valence-corrected chi connectivity index (χ0v) is 25.3. The van der Waals surface area contributed by atoms with E-state index in [9.17, 15) is 4.39 Å². The number of aliphatic imine (C=N–C) groups is 1. The standard InChI is InChI=1S/C18H24FN.C10H15NO.C5H11NO.CH4/c1-5-6-16-9-10-17(11-18(16)19)14(4)20-13(3)12(2)15-7-8-15;1-4-5-9-6-8(2)10(12-3)11-7-9;7-5-6-3-1-2-4-6;/h9-11,15H,5-8H2,1-4H3;6-7H,4-5H2,1-3H3;7H,1-5H2;1H4/b13-12+,20-14?;;;. The molecular formula is C34H54FN3O2. The summed E-state index contributed by atoms with van der Waals surface area (Å²) in [6.45, 7) is 14.9. The number of ether oxygens (including phenoxy) is 1. The van der Waals surface area contributed by atoms with Gasteiger partial charge in [0.1, 0.15) is 5.82 Å². The fourth-order valence-electron chi connectivity index (χ4n) is 4.64. The zero-order valence-electron chi connectivity index (χ0n) is 25.3. The Labute approximate surface area is 243 Å². The molecule has 0 atom stereocenters. The fraction of sp³-hybridized carbons (Fsp3) is 0.588. The summed E-state index contributed by atoms with van der Waals surface area (Å²) in [5, 5.41) is 8.49. The highest BCUT2D eigenvalue weighted by Crippen LogP contribution is 2.37. The van der Waals surface area contributed by atoms with E-state index in [-0.39, 0.29) is 20.0 Å². The lowest BCUT2D eigenvalue weighted by Gasteiger charge is -2.07. The molecule has 4 rings (SSSR count). The summed E-state index contributed by atoms with van der Waals surface area (Å²) in [7, 11) is 1.65. The van der Waals surface area contributed by atoms with Gasteiger partial charge < -0.3 is 9.84 Å². The molecule has 40 heavy (non-hydrogen) atoms. The summed E-state index contributed by atoms with van der Waals surface area (Å²) in [5.74, 6) is 1.35. The van der Waals surface area contributed by atoms with Gasteiger partial charge in [0, 0.05) is 36.3 Å². The highest BCUT2D eigenvalue weighted by Gasteiger charge is 2.24. The average molecular weight is 556 g/mol. The van der Waals surface area contributed by atoms with Crippen LogP contribution in [0.4, 0.5) is 4.39 Å². The Balaban J connectivity index is 0.000000338. The molecule has 0 unspecified atom stereocenters. The molecule has 6 heteroatoms. The molecule has 1 aliphatic heterocycles. The maximum absolute atomic E-state index is 14.0. The number of aromatic nitrogens is 1. The van der Waals surface area contributed by atoms with Crippen LogP contribution in [0.25, 0.3) is 0 Å². The SMILES string of the molecule is C.CCCc1ccc(C(C)=N/C(C)=C(\C)C2CC2)cc1F.CCCc1cnc(OC)c(C)c1.OCN1CCCC1. The zero-order chi connectivity index (χ0) is 28.8. The van der Waals surface area contributed by atoms with Crippen LogP contribution in [0.3, 0.4) is 0 Å². The van der Waals surface area contributed by atoms with Crippen LogP contribution in [0.1, 0.15) is 103 Å². The number of halogens is 1. The van der Waals surface area contributed by atoms with E-state index in [0.717, 1.165) is 78.7 Å². The lowest BCUT2D eigenvalue weighted by molar-refractivity contribution is 0.132. The number of nitrogens with zero attached hydrogens (tertiary/aromatic N) is 3. The Morgan fingerprint density at radius 3 is 2.20 bits per heavy atom. The number of hydrogen-bond donors (Lipinski definition) is 1. The van der Waals surface area contributed by atoms with Crippen molar-refractivity contribution in [3.8, 4) is 5.88 Å². The highest BCUT2D eigenvalue weighted by atomic mass is 19.1. The van der Waals surface area contributed by atoms with Gasteiger partial charge >= 0.3 is 0 Å². The molecule has 0 bridgehead atoms. The van der Waals surface area contributed by atoms with Crippen LogP contribution >= 0.6 is 0 Å². The number of aryl methyl sites for hydroxylation is 3. The van der Waals surface area contributed by atoms with E-state index in [1.54, 1.807) is 13.2 Å². The molecule has 1 aromatic heterocycles. The number of allylic oxidation sites excluding steroid dienone is 2. The average Bonchev–Trinajstić information content (AvgIpc) is 3.64. The largest absolute Gasteiger partial charge is 0.481 e. The summed E-state index contributed by atoms with van der Waals surface area (Å²) in [6, 6.07) is 7.62. The number of benzene rings is 1. The fourth-order valence-corrected chi connectivity index (χ4v) is 4.64. The number of aliphatic hydroxyl groups excluding tert-OH is 1. The van der Waals surface area contributed by atoms with Crippen molar-refractivity contribution in [2.24, 2.45) is 10.9 Å². The number of aliphatic hydroxyl groups is 1. The van der Waals surface area contributed by atoms with Crippen LogP contribution in [0, 0.1) is 18.7 Å². The molecule has 1 aliphatic carbocycles. The van der Waals surface area contributed by atoms with Crippen molar-refractivity contribution in [1.29, 1.82) is 0 Å². The monoisotopic (exact) mass is 555 g/mol. The van der Waals surface area contributed by atoms with Gasteiger partial charge in [0.05, 0.1) is 13.8 Å². The first-order valence-corrected chi connectivity index (χ1v) is 14.6. The van der Waals surface area contributed by atoms with Crippen molar-refractivity contribution < 1.29 is 14.2 Å².